The number of hydrogen-bond donors (Lipinski definition) is 0. The number of halogens is 1. The van der Waals surface area contributed by atoms with E-state index in [-0.39, 0.29) is 5.41 Å². The molecule has 0 aliphatic carbocycles. The van der Waals surface area contributed by atoms with Crippen LogP contribution >= 0.6 is 11.6 Å². The molecule has 1 aliphatic rings. The molecule has 21 heavy (non-hydrogen) atoms. The predicted octanol–water partition coefficient (Wildman–Crippen LogP) is 4.18. The van der Waals surface area contributed by atoms with E-state index in [2.05, 4.69) is 20.8 Å². The standard InChI is InChI=1S/C16H24ClNO2S/c1-4-16(2,3)13-9-11-18(12-10-13)21(19,20)15-7-5-14(17)6-8-15/h5-8,13H,4,9-12H2,1-3H3. The summed E-state index contributed by atoms with van der Waals surface area (Å²) < 4.78 is 26.8. The zero-order valence-corrected chi connectivity index (χ0v) is 14.5. The maximum Gasteiger partial charge on any atom is 0.243 e. The molecule has 1 heterocycles. The fraction of sp³-hybridized carbons (Fsp3) is 0.625. The Kier molecular flexibility index (Phi) is 5.01. The van der Waals surface area contributed by atoms with Gasteiger partial charge in [0.25, 0.3) is 0 Å². The first-order valence-corrected chi connectivity index (χ1v) is 9.35. The number of nitrogens with zero attached hydrogens (tertiary/aromatic N) is 1. The van der Waals surface area contributed by atoms with Crippen LogP contribution in [0.25, 0.3) is 0 Å². The maximum absolute atomic E-state index is 12.6. The quantitative estimate of drug-likeness (QED) is 0.831. The van der Waals surface area contributed by atoms with Gasteiger partial charge in [-0.1, -0.05) is 38.8 Å². The number of sulfonamides is 1. The Morgan fingerprint density at radius 3 is 2.19 bits per heavy atom. The lowest BCUT2D eigenvalue weighted by Crippen LogP contribution is -2.41. The highest BCUT2D eigenvalue weighted by molar-refractivity contribution is 7.89. The second-order valence-electron chi connectivity index (χ2n) is 6.47. The minimum absolute atomic E-state index is 0.288. The van der Waals surface area contributed by atoms with Gasteiger partial charge < -0.3 is 0 Å². The Hall–Kier alpha value is -0.580. The summed E-state index contributed by atoms with van der Waals surface area (Å²) in [5.41, 5.74) is 0.288. The van der Waals surface area contributed by atoms with Gasteiger partial charge in [-0.2, -0.15) is 4.31 Å². The smallest absolute Gasteiger partial charge is 0.207 e. The van der Waals surface area contributed by atoms with Gasteiger partial charge in [0.05, 0.1) is 4.90 Å². The molecule has 1 aromatic carbocycles. The van der Waals surface area contributed by atoms with Gasteiger partial charge in [-0.25, -0.2) is 8.42 Å². The molecule has 5 heteroatoms. The van der Waals surface area contributed by atoms with Crippen LogP contribution in [-0.4, -0.2) is 25.8 Å². The molecule has 1 aliphatic heterocycles. The van der Waals surface area contributed by atoms with E-state index in [0.717, 1.165) is 19.3 Å². The number of rotatable bonds is 4. The van der Waals surface area contributed by atoms with E-state index in [9.17, 15) is 8.42 Å². The molecule has 2 rings (SSSR count). The van der Waals surface area contributed by atoms with Gasteiger partial charge in [-0.15, -0.1) is 0 Å². The molecule has 0 radical (unpaired) electrons. The lowest BCUT2D eigenvalue weighted by Gasteiger charge is -2.39. The monoisotopic (exact) mass is 329 g/mol. The van der Waals surface area contributed by atoms with Gasteiger partial charge in [0.1, 0.15) is 0 Å². The second kappa shape index (κ2) is 6.27. The third-order valence-corrected chi connectivity index (χ3v) is 7.09. The van der Waals surface area contributed by atoms with E-state index in [4.69, 9.17) is 11.6 Å². The van der Waals surface area contributed by atoms with Gasteiger partial charge in [0, 0.05) is 18.1 Å². The first-order chi connectivity index (χ1) is 9.77. The number of hydrogen-bond acceptors (Lipinski definition) is 2. The molecule has 1 fully saturated rings. The third-order valence-electron chi connectivity index (χ3n) is 4.92. The normalized spacial score (nSPS) is 18.9. The summed E-state index contributed by atoms with van der Waals surface area (Å²) in [5, 5.41) is 0.553. The van der Waals surface area contributed by atoms with Gasteiger partial charge in [0.2, 0.25) is 10.0 Å². The first kappa shape index (κ1) is 16.8. The van der Waals surface area contributed by atoms with Crippen LogP contribution in [0.1, 0.15) is 40.0 Å². The van der Waals surface area contributed by atoms with Crippen LogP contribution in [0, 0.1) is 11.3 Å². The third kappa shape index (κ3) is 3.61. The lowest BCUT2D eigenvalue weighted by atomic mass is 9.72. The summed E-state index contributed by atoms with van der Waals surface area (Å²) in [6.45, 7) is 7.98. The van der Waals surface area contributed by atoms with E-state index in [0.29, 0.717) is 28.9 Å². The Bertz CT molecular complexity index is 573. The van der Waals surface area contributed by atoms with Crippen molar-refractivity contribution >= 4 is 21.6 Å². The number of piperidine rings is 1. The van der Waals surface area contributed by atoms with Crippen LogP contribution in [0.5, 0.6) is 0 Å². The molecule has 0 spiro atoms. The van der Waals surface area contributed by atoms with Crippen molar-refractivity contribution in [1.82, 2.24) is 4.31 Å². The van der Waals surface area contributed by atoms with Crippen molar-refractivity contribution in [2.75, 3.05) is 13.1 Å². The topological polar surface area (TPSA) is 37.4 Å². The van der Waals surface area contributed by atoms with Crippen molar-refractivity contribution < 1.29 is 8.42 Å². The minimum atomic E-state index is -3.38. The van der Waals surface area contributed by atoms with E-state index < -0.39 is 10.0 Å². The van der Waals surface area contributed by atoms with Crippen LogP contribution in [0.3, 0.4) is 0 Å². The van der Waals surface area contributed by atoms with Crippen LogP contribution in [-0.2, 0) is 10.0 Å². The lowest BCUT2D eigenvalue weighted by molar-refractivity contribution is 0.132. The Labute approximate surface area is 133 Å². The van der Waals surface area contributed by atoms with Crippen LogP contribution < -0.4 is 0 Å². The Balaban J connectivity index is 2.09. The first-order valence-electron chi connectivity index (χ1n) is 7.53. The molecule has 0 N–H and O–H groups in total. The minimum Gasteiger partial charge on any atom is -0.207 e. The van der Waals surface area contributed by atoms with Crippen molar-refractivity contribution in [2.24, 2.45) is 11.3 Å². The highest BCUT2D eigenvalue weighted by Gasteiger charge is 2.35. The molecule has 0 saturated carbocycles. The molecule has 0 amide bonds. The molecule has 1 saturated heterocycles. The van der Waals surface area contributed by atoms with Crippen molar-refractivity contribution in [3.8, 4) is 0 Å². The average molecular weight is 330 g/mol. The summed E-state index contributed by atoms with van der Waals surface area (Å²) in [6.07, 6.45) is 3.00. The summed E-state index contributed by atoms with van der Waals surface area (Å²) >= 11 is 5.82. The molecule has 0 unspecified atom stereocenters. The van der Waals surface area contributed by atoms with Crippen molar-refractivity contribution in [2.45, 2.75) is 44.9 Å². The van der Waals surface area contributed by atoms with E-state index in [1.54, 1.807) is 28.6 Å². The largest absolute Gasteiger partial charge is 0.243 e. The van der Waals surface area contributed by atoms with Crippen molar-refractivity contribution in [1.29, 1.82) is 0 Å². The van der Waals surface area contributed by atoms with E-state index in [1.165, 1.54) is 0 Å². The second-order valence-corrected chi connectivity index (χ2v) is 8.85. The van der Waals surface area contributed by atoms with Crippen LogP contribution in [0.4, 0.5) is 0 Å². The van der Waals surface area contributed by atoms with Crippen molar-refractivity contribution in [3.63, 3.8) is 0 Å². The van der Waals surface area contributed by atoms with E-state index >= 15 is 0 Å². The summed E-state index contributed by atoms with van der Waals surface area (Å²) in [6, 6.07) is 6.42. The number of benzene rings is 1. The highest BCUT2D eigenvalue weighted by Crippen LogP contribution is 2.38. The van der Waals surface area contributed by atoms with Gasteiger partial charge in [0.15, 0.2) is 0 Å². The molecule has 0 aromatic heterocycles. The SMILES string of the molecule is CCC(C)(C)C1CCN(S(=O)(=O)c2ccc(Cl)cc2)CC1. The van der Waals surface area contributed by atoms with Gasteiger partial charge >= 0.3 is 0 Å². The molecular formula is C16H24ClNO2S. The maximum atomic E-state index is 12.6. The molecule has 1 aromatic rings. The Morgan fingerprint density at radius 2 is 1.71 bits per heavy atom. The fourth-order valence-corrected chi connectivity index (χ4v) is 4.52. The zero-order valence-electron chi connectivity index (χ0n) is 13.0. The molecule has 0 atom stereocenters. The van der Waals surface area contributed by atoms with Crippen molar-refractivity contribution in [3.05, 3.63) is 29.3 Å². The van der Waals surface area contributed by atoms with Gasteiger partial charge in [-0.05, 0) is 48.4 Å². The highest BCUT2D eigenvalue weighted by atomic mass is 35.5. The van der Waals surface area contributed by atoms with Gasteiger partial charge in [-0.3, -0.25) is 0 Å². The summed E-state index contributed by atoms with van der Waals surface area (Å²) in [5.74, 6) is 0.596. The molecule has 3 nitrogen and oxygen atoms in total. The Morgan fingerprint density at radius 1 is 1.19 bits per heavy atom. The molecule has 118 valence electrons. The van der Waals surface area contributed by atoms with E-state index in [1.807, 2.05) is 0 Å². The molecular weight excluding hydrogens is 306 g/mol. The fourth-order valence-electron chi connectivity index (χ4n) is 2.92. The average Bonchev–Trinajstić information content (AvgIpc) is 2.48. The predicted molar refractivity (Wildman–Crippen MR) is 87.0 cm³/mol. The van der Waals surface area contributed by atoms with Crippen LogP contribution in [0.2, 0.25) is 5.02 Å². The summed E-state index contributed by atoms with van der Waals surface area (Å²) in [7, 11) is -3.38. The zero-order chi connectivity index (χ0) is 15.7. The molecule has 0 bridgehead atoms. The van der Waals surface area contributed by atoms with Crippen LogP contribution in [0.15, 0.2) is 29.2 Å². The summed E-state index contributed by atoms with van der Waals surface area (Å²) in [4.78, 5) is 0.333.